The van der Waals surface area contributed by atoms with Crippen LogP contribution in [-0.2, 0) is 28.6 Å². The highest BCUT2D eigenvalue weighted by atomic mass is 16.6. The minimum absolute atomic E-state index is 0.0845. The number of ether oxygens (including phenoxy) is 3. The fourth-order valence-corrected chi connectivity index (χ4v) is 3.80. The Morgan fingerprint density at radius 2 is 1.00 bits per heavy atom. The third-order valence-corrected chi connectivity index (χ3v) is 6.16. The van der Waals surface area contributed by atoms with Crippen LogP contribution < -0.4 is 0 Å². The molecule has 0 spiro atoms. The Balaban J connectivity index is 4.09. The summed E-state index contributed by atoms with van der Waals surface area (Å²) in [5.41, 5.74) is 0. The molecule has 1 unspecified atom stereocenters. The predicted octanol–water partition coefficient (Wildman–Crippen LogP) is 8.73. The lowest BCUT2D eigenvalue weighted by molar-refractivity contribution is -0.167. The fraction of sp³-hybridized carbons (Fsp3) is 0.727. The monoisotopic (exact) mass is 548 g/mol. The first-order valence-electron chi connectivity index (χ1n) is 15.5. The van der Waals surface area contributed by atoms with Gasteiger partial charge in [-0.15, -0.1) is 0 Å². The van der Waals surface area contributed by atoms with Crippen LogP contribution in [0.5, 0.6) is 0 Å². The Kier molecular flexibility index (Phi) is 26.9. The Labute approximate surface area is 238 Å². The SMILES string of the molecule is CC/C=C\C/C=C\C/C=C\CCCCCCCC(=O)OCC(COC(=O)CCCCC)OC(=O)CCCCC. The molecule has 0 amide bonds. The Morgan fingerprint density at radius 3 is 1.56 bits per heavy atom. The molecule has 0 aromatic heterocycles. The summed E-state index contributed by atoms with van der Waals surface area (Å²) in [4.78, 5) is 36.3. The molecular formula is C33H56O6. The van der Waals surface area contributed by atoms with Crippen molar-refractivity contribution < 1.29 is 28.6 Å². The highest BCUT2D eigenvalue weighted by Gasteiger charge is 2.19. The molecule has 0 N–H and O–H groups in total. The Bertz CT molecular complexity index is 694. The molecule has 0 fully saturated rings. The average Bonchev–Trinajstić information content (AvgIpc) is 2.92. The predicted molar refractivity (Wildman–Crippen MR) is 159 cm³/mol. The van der Waals surface area contributed by atoms with E-state index < -0.39 is 6.10 Å². The lowest BCUT2D eigenvalue weighted by atomic mass is 10.1. The standard InChI is InChI=1S/C33H56O6/c1-4-7-10-11-12-13-14-15-16-17-18-19-20-21-24-26-32(35)38-29-30(39-33(36)27-23-9-6-3)28-37-31(34)25-22-8-5-2/h7,10,12-13,15-16,30H,4-6,8-9,11,14,17-29H2,1-3H3/b10-7-,13-12-,16-15-. The zero-order valence-corrected chi connectivity index (χ0v) is 25.1. The van der Waals surface area contributed by atoms with E-state index >= 15 is 0 Å². The van der Waals surface area contributed by atoms with E-state index in [1.165, 1.54) is 0 Å². The third-order valence-electron chi connectivity index (χ3n) is 6.16. The molecule has 0 bridgehead atoms. The van der Waals surface area contributed by atoms with Gasteiger partial charge in [-0.25, -0.2) is 0 Å². The maximum Gasteiger partial charge on any atom is 0.306 e. The van der Waals surface area contributed by atoms with Gasteiger partial charge in [0.25, 0.3) is 0 Å². The number of hydrogen-bond donors (Lipinski definition) is 0. The second kappa shape index (κ2) is 28.6. The molecule has 0 saturated carbocycles. The van der Waals surface area contributed by atoms with Gasteiger partial charge in [0, 0.05) is 19.3 Å². The minimum atomic E-state index is -0.764. The van der Waals surface area contributed by atoms with Crippen LogP contribution in [0.15, 0.2) is 36.5 Å². The van der Waals surface area contributed by atoms with Crippen molar-refractivity contribution in [2.24, 2.45) is 0 Å². The van der Waals surface area contributed by atoms with Gasteiger partial charge in [0.05, 0.1) is 0 Å². The van der Waals surface area contributed by atoms with Crippen LogP contribution in [0.4, 0.5) is 0 Å². The second-order valence-electron chi connectivity index (χ2n) is 9.99. The molecule has 224 valence electrons. The highest BCUT2D eigenvalue weighted by molar-refractivity contribution is 5.71. The van der Waals surface area contributed by atoms with Crippen molar-refractivity contribution in [3.05, 3.63) is 36.5 Å². The van der Waals surface area contributed by atoms with E-state index in [1.54, 1.807) is 0 Å². The first-order valence-corrected chi connectivity index (χ1v) is 15.5. The summed E-state index contributed by atoms with van der Waals surface area (Å²) < 4.78 is 16.1. The Hall–Kier alpha value is -2.37. The van der Waals surface area contributed by atoms with Gasteiger partial charge in [0.2, 0.25) is 0 Å². The normalized spacial score (nSPS) is 12.4. The van der Waals surface area contributed by atoms with Crippen LogP contribution in [-0.4, -0.2) is 37.2 Å². The van der Waals surface area contributed by atoms with Crippen LogP contribution in [0.2, 0.25) is 0 Å². The van der Waals surface area contributed by atoms with Crippen molar-refractivity contribution in [2.75, 3.05) is 13.2 Å². The highest BCUT2D eigenvalue weighted by Crippen LogP contribution is 2.10. The number of allylic oxidation sites excluding steroid dienone is 6. The number of carbonyl (C=O) groups is 3. The van der Waals surface area contributed by atoms with Crippen LogP contribution in [0.3, 0.4) is 0 Å². The molecule has 0 aromatic rings. The maximum atomic E-state index is 12.2. The molecular weight excluding hydrogens is 492 g/mol. The quantitative estimate of drug-likeness (QED) is 0.0465. The lowest BCUT2D eigenvalue weighted by Crippen LogP contribution is -2.30. The van der Waals surface area contributed by atoms with Crippen molar-refractivity contribution in [2.45, 2.75) is 142 Å². The van der Waals surface area contributed by atoms with Gasteiger partial charge in [-0.1, -0.05) is 102 Å². The average molecular weight is 549 g/mol. The van der Waals surface area contributed by atoms with Crippen LogP contribution in [0.25, 0.3) is 0 Å². The molecule has 0 aliphatic heterocycles. The molecule has 39 heavy (non-hydrogen) atoms. The minimum Gasteiger partial charge on any atom is -0.462 e. The summed E-state index contributed by atoms with van der Waals surface area (Å²) in [6.07, 6.45) is 28.3. The van der Waals surface area contributed by atoms with Gasteiger partial charge < -0.3 is 14.2 Å². The van der Waals surface area contributed by atoms with Crippen molar-refractivity contribution in [1.82, 2.24) is 0 Å². The smallest absolute Gasteiger partial charge is 0.306 e. The zero-order chi connectivity index (χ0) is 28.8. The van der Waals surface area contributed by atoms with Crippen LogP contribution >= 0.6 is 0 Å². The number of esters is 3. The summed E-state index contributed by atoms with van der Waals surface area (Å²) in [6.45, 7) is 6.11. The van der Waals surface area contributed by atoms with Crippen molar-refractivity contribution >= 4 is 17.9 Å². The van der Waals surface area contributed by atoms with E-state index in [-0.39, 0.29) is 31.1 Å². The van der Waals surface area contributed by atoms with Crippen molar-refractivity contribution in [3.8, 4) is 0 Å². The summed E-state index contributed by atoms with van der Waals surface area (Å²) in [6, 6.07) is 0. The summed E-state index contributed by atoms with van der Waals surface area (Å²) in [5.74, 6) is -0.972. The molecule has 6 nitrogen and oxygen atoms in total. The lowest BCUT2D eigenvalue weighted by Gasteiger charge is -2.18. The van der Waals surface area contributed by atoms with Gasteiger partial charge in [0.15, 0.2) is 6.10 Å². The molecule has 0 radical (unpaired) electrons. The number of rotatable bonds is 26. The molecule has 0 aliphatic carbocycles. The number of unbranched alkanes of at least 4 members (excludes halogenated alkanes) is 9. The van der Waals surface area contributed by atoms with E-state index in [0.29, 0.717) is 19.3 Å². The molecule has 6 heteroatoms. The van der Waals surface area contributed by atoms with E-state index in [2.05, 4.69) is 57.2 Å². The van der Waals surface area contributed by atoms with Gasteiger partial charge >= 0.3 is 17.9 Å². The first-order chi connectivity index (χ1) is 19.0. The molecule has 1 atom stereocenters. The molecule has 0 aliphatic rings. The largest absolute Gasteiger partial charge is 0.462 e. The number of hydrogen-bond acceptors (Lipinski definition) is 6. The van der Waals surface area contributed by atoms with Crippen molar-refractivity contribution in [1.29, 1.82) is 0 Å². The Morgan fingerprint density at radius 1 is 0.538 bits per heavy atom. The molecule has 0 heterocycles. The summed E-state index contributed by atoms with van der Waals surface area (Å²) in [5, 5.41) is 0. The van der Waals surface area contributed by atoms with E-state index in [0.717, 1.165) is 96.3 Å². The molecule has 0 aromatic carbocycles. The maximum absolute atomic E-state index is 12.2. The van der Waals surface area contributed by atoms with E-state index in [4.69, 9.17) is 14.2 Å². The van der Waals surface area contributed by atoms with Crippen LogP contribution in [0, 0.1) is 0 Å². The summed E-state index contributed by atoms with van der Waals surface area (Å²) in [7, 11) is 0. The van der Waals surface area contributed by atoms with Gasteiger partial charge in [0.1, 0.15) is 13.2 Å². The molecule has 0 rings (SSSR count). The summed E-state index contributed by atoms with van der Waals surface area (Å²) >= 11 is 0. The number of carbonyl (C=O) groups excluding carboxylic acids is 3. The van der Waals surface area contributed by atoms with E-state index in [1.807, 2.05) is 0 Å². The first kappa shape index (κ1) is 36.6. The van der Waals surface area contributed by atoms with E-state index in [9.17, 15) is 14.4 Å². The topological polar surface area (TPSA) is 78.9 Å². The zero-order valence-electron chi connectivity index (χ0n) is 25.1. The third kappa shape index (κ3) is 27.0. The second-order valence-corrected chi connectivity index (χ2v) is 9.99. The van der Waals surface area contributed by atoms with Gasteiger partial charge in [-0.3, -0.25) is 14.4 Å². The fourth-order valence-electron chi connectivity index (χ4n) is 3.80. The van der Waals surface area contributed by atoms with Crippen molar-refractivity contribution in [3.63, 3.8) is 0 Å². The van der Waals surface area contributed by atoms with Gasteiger partial charge in [-0.05, 0) is 51.4 Å². The molecule has 0 saturated heterocycles. The van der Waals surface area contributed by atoms with Crippen LogP contribution in [0.1, 0.15) is 136 Å². The van der Waals surface area contributed by atoms with Gasteiger partial charge in [-0.2, -0.15) is 0 Å².